The summed E-state index contributed by atoms with van der Waals surface area (Å²) in [6, 6.07) is 18.6. The zero-order valence-electron chi connectivity index (χ0n) is 11.6. The second-order valence-corrected chi connectivity index (χ2v) is 5.34. The van der Waals surface area contributed by atoms with E-state index in [1.54, 1.807) is 0 Å². The minimum Gasteiger partial charge on any atom is -0.486 e. The van der Waals surface area contributed by atoms with Gasteiger partial charge in [0, 0.05) is 13.0 Å². The van der Waals surface area contributed by atoms with Crippen LogP contribution in [-0.4, -0.2) is 12.1 Å². The van der Waals surface area contributed by atoms with E-state index in [0.29, 0.717) is 6.54 Å². The maximum atomic E-state index is 6.03. The summed E-state index contributed by atoms with van der Waals surface area (Å²) in [7, 11) is 0. The molecule has 2 heteroatoms. The molecule has 0 aromatic heterocycles. The molecule has 0 aliphatic rings. The third-order valence-electron chi connectivity index (χ3n) is 3.09. The third kappa shape index (κ3) is 3.83. The summed E-state index contributed by atoms with van der Waals surface area (Å²) in [5.41, 5.74) is 7.86. The lowest BCUT2D eigenvalue weighted by atomic mass is 10.0. The fraction of sp³-hybridized carbons (Fsp3) is 0.294. The summed E-state index contributed by atoms with van der Waals surface area (Å²) < 4.78 is 6.03. The highest BCUT2D eigenvalue weighted by molar-refractivity contribution is 5.37. The molecule has 0 atom stereocenters. The van der Waals surface area contributed by atoms with Crippen molar-refractivity contribution in [2.75, 3.05) is 6.54 Å². The van der Waals surface area contributed by atoms with E-state index in [1.807, 2.05) is 38.1 Å². The Balaban J connectivity index is 2.22. The fourth-order valence-electron chi connectivity index (χ4n) is 1.90. The minimum atomic E-state index is -0.340. The van der Waals surface area contributed by atoms with E-state index in [1.165, 1.54) is 11.1 Å². The van der Waals surface area contributed by atoms with Gasteiger partial charge in [0.1, 0.15) is 11.4 Å². The van der Waals surface area contributed by atoms with Crippen LogP contribution in [0.4, 0.5) is 0 Å². The number of benzene rings is 2. The Kier molecular flexibility index (Phi) is 4.23. The molecule has 100 valence electrons. The molecule has 2 aromatic rings. The van der Waals surface area contributed by atoms with Crippen LogP contribution in [0.15, 0.2) is 54.6 Å². The lowest BCUT2D eigenvalue weighted by Crippen LogP contribution is -2.37. The maximum absolute atomic E-state index is 6.03. The normalized spacial score (nSPS) is 11.3. The van der Waals surface area contributed by atoms with Crippen molar-refractivity contribution in [1.82, 2.24) is 0 Å². The molecule has 0 saturated carbocycles. The van der Waals surface area contributed by atoms with Gasteiger partial charge in [0.2, 0.25) is 0 Å². The standard InChI is InChI=1S/C17H21NO/c1-17(2,13-18)19-16-11-7-6-10-15(16)12-14-8-4-3-5-9-14/h3-11H,12-13,18H2,1-2H3. The van der Waals surface area contributed by atoms with Gasteiger partial charge in [-0.05, 0) is 31.0 Å². The molecule has 0 heterocycles. The number of hydrogen-bond acceptors (Lipinski definition) is 2. The van der Waals surface area contributed by atoms with Gasteiger partial charge in [0.05, 0.1) is 0 Å². The predicted octanol–water partition coefficient (Wildman–Crippen LogP) is 3.39. The van der Waals surface area contributed by atoms with Gasteiger partial charge in [-0.2, -0.15) is 0 Å². The quantitative estimate of drug-likeness (QED) is 0.888. The Bertz CT molecular complexity index is 520. The molecular weight excluding hydrogens is 234 g/mol. The van der Waals surface area contributed by atoms with Crippen molar-refractivity contribution < 1.29 is 4.74 Å². The van der Waals surface area contributed by atoms with E-state index in [4.69, 9.17) is 10.5 Å². The molecule has 0 aliphatic heterocycles. The highest BCUT2D eigenvalue weighted by atomic mass is 16.5. The summed E-state index contributed by atoms with van der Waals surface area (Å²) in [6.07, 6.45) is 0.873. The van der Waals surface area contributed by atoms with Crippen molar-refractivity contribution in [3.8, 4) is 5.75 Å². The van der Waals surface area contributed by atoms with Crippen LogP contribution in [0.5, 0.6) is 5.75 Å². The SMILES string of the molecule is CC(C)(CN)Oc1ccccc1Cc1ccccc1. The molecule has 19 heavy (non-hydrogen) atoms. The van der Waals surface area contributed by atoms with Crippen LogP contribution in [0.3, 0.4) is 0 Å². The molecule has 2 rings (SSSR count). The molecule has 0 fully saturated rings. The first-order chi connectivity index (χ1) is 9.11. The Hall–Kier alpha value is -1.80. The molecular formula is C17H21NO. The highest BCUT2D eigenvalue weighted by Gasteiger charge is 2.18. The average molecular weight is 255 g/mol. The van der Waals surface area contributed by atoms with Crippen molar-refractivity contribution in [1.29, 1.82) is 0 Å². The molecule has 0 aliphatic carbocycles. The van der Waals surface area contributed by atoms with Gasteiger partial charge in [-0.15, -0.1) is 0 Å². The highest BCUT2D eigenvalue weighted by Crippen LogP contribution is 2.25. The van der Waals surface area contributed by atoms with Gasteiger partial charge in [0.25, 0.3) is 0 Å². The van der Waals surface area contributed by atoms with Crippen molar-refractivity contribution in [2.24, 2.45) is 5.73 Å². The van der Waals surface area contributed by atoms with E-state index >= 15 is 0 Å². The van der Waals surface area contributed by atoms with E-state index in [2.05, 4.69) is 30.3 Å². The molecule has 0 unspecified atom stereocenters. The van der Waals surface area contributed by atoms with Gasteiger partial charge in [0.15, 0.2) is 0 Å². The van der Waals surface area contributed by atoms with Crippen LogP contribution in [-0.2, 0) is 6.42 Å². The van der Waals surface area contributed by atoms with Crippen molar-refractivity contribution in [3.63, 3.8) is 0 Å². The number of hydrogen-bond donors (Lipinski definition) is 1. The van der Waals surface area contributed by atoms with Gasteiger partial charge in [-0.3, -0.25) is 0 Å². The Morgan fingerprint density at radius 2 is 1.58 bits per heavy atom. The summed E-state index contributed by atoms with van der Waals surface area (Å²) >= 11 is 0. The molecule has 0 radical (unpaired) electrons. The lowest BCUT2D eigenvalue weighted by molar-refractivity contribution is 0.117. The first kappa shape index (κ1) is 13.6. The van der Waals surface area contributed by atoms with Gasteiger partial charge in [-0.25, -0.2) is 0 Å². The molecule has 2 N–H and O–H groups in total. The van der Waals surface area contributed by atoms with E-state index < -0.39 is 0 Å². The topological polar surface area (TPSA) is 35.2 Å². The lowest BCUT2D eigenvalue weighted by Gasteiger charge is -2.26. The Labute approximate surface area is 115 Å². The number of rotatable bonds is 5. The molecule has 0 amide bonds. The van der Waals surface area contributed by atoms with E-state index in [9.17, 15) is 0 Å². The Morgan fingerprint density at radius 1 is 0.947 bits per heavy atom. The number of para-hydroxylation sites is 1. The third-order valence-corrected chi connectivity index (χ3v) is 3.09. The van der Waals surface area contributed by atoms with Crippen molar-refractivity contribution in [2.45, 2.75) is 25.9 Å². The first-order valence-electron chi connectivity index (χ1n) is 6.62. The summed E-state index contributed by atoms with van der Waals surface area (Å²) in [5.74, 6) is 0.918. The van der Waals surface area contributed by atoms with Crippen molar-refractivity contribution >= 4 is 0 Å². The molecule has 2 aromatic carbocycles. The summed E-state index contributed by atoms with van der Waals surface area (Å²) in [5, 5.41) is 0. The van der Waals surface area contributed by atoms with Crippen LogP contribution < -0.4 is 10.5 Å². The second-order valence-electron chi connectivity index (χ2n) is 5.34. The molecule has 0 bridgehead atoms. The zero-order chi connectivity index (χ0) is 13.7. The molecule has 2 nitrogen and oxygen atoms in total. The predicted molar refractivity (Wildman–Crippen MR) is 79.5 cm³/mol. The fourth-order valence-corrected chi connectivity index (χ4v) is 1.90. The minimum absolute atomic E-state index is 0.340. The molecule has 0 saturated heterocycles. The van der Waals surface area contributed by atoms with Crippen LogP contribution >= 0.6 is 0 Å². The van der Waals surface area contributed by atoms with Crippen LogP contribution in [0.25, 0.3) is 0 Å². The smallest absolute Gasteiger partial charge is 0.123 e. The van der Waals surface area contributed by atoms with Gasteiger partial charge >= 0.3 is 0 Å². The van der Waals surface area contributed by atoms with E-state index in [0.717, 1.165) is 12.2 Å². The first-order valence-corrected chi connectivity index (χ1v) is 6.62. The monoisotopic (exact) mass is 255 g/mol. The van der Waals surface area contributed by atoms with Crippen LogP contribution in [0.2, 0.25) is 0 Å². The molecule has 0 spiro atoms. The average Bonchev–Trinajstić information content (AvgIpc) is 2.42. The zero-order valence-corrected chi connectivity index (χ0v) is 11.6. The summed E-state index contributed by atoms with van der Waals surface area (Å²) in [6.45, 7) is 4.51. The number of ether oxygens (including phenoxy) is 1. The summed E-state index contributed by atoms with van der Waals surface area (Å²) in [4.78, 5) is 0. The van der Waals surface area contributed by atoms with Crippen molar-refractivity contribution in [3.05, 3.63) is 65.7 Å². The van der Waals surface area contributed by atoms with Gasteiger partial charge in [-0.1, -0.05) is 48.5 Å². The van der Waals surface area contributed by atoms with Crippen LogP contribution in [0.1, 0.15) is 25.0 Å². The number of nitrogens with two attached hydrogens (primary N) is 1. The van der Waals surface area contributed by atoms with Crippen LogP contribution in [0, 0.1) is 0 Å². The Morgan fingerprint density at radius 3 is 2.26 bits per heavy atom. The van der Waals surface area contributed by atoms with E-state index in [-0.39, 0.29) is 5.60 Å². The van der Waals surface area contributed by atoms with Gasteiger partial charge < -0.3 is 10.5 Å². The largest absolute Gasteiger partial charge is 0.486 e. The maximum Gasteiger partial charge on any atom is 0.123 e. The second kappa shape index (κ2) is 5.89.